The average Bonchev–Trinajstić information content (AvgIpc) is 3.19. The summed E-state index contributed by atoms with van der Waals surface area (Å²) in [6.07, 6.45) is 3.43. The average molecular weight is 325 g/mol. The van der Waals surface area contributed by atoms with Gasteiger partial charge in [-0.05, 0) is 19.3 Å². The van der Waals surface area contributed by atoms with Gasteiger partial charge in [-0.1, -0.05) is 6.92 Å². The minimum Gasteiger partial charge on any atom is -0.478 e. The lowest BCUT2D eigenvalue weighted by molar-refractivity contribution is 0.0166. The van der Waals surface area contributed by atoms with Gasteiger partial charge in [-0.15, -0.1) is 0 Å². The highest BCUT2D eigenvalue weighted by molar-refractivity contribution is 5.96. The Bertz CT molecular complexity index is 533. The van der Waals surface area contributed by atoms with Crippen molar-refractivity contribution in [1.82, 2.24) is 5.32 Å². The number of furan rings is 1. The van der Waals surface area contributed by atoms with E-state index < -0.39 is 11.9 Å². The van der Waals surface area contributed by atoms with E-state index in [1.165, 1.54) is 6.07 Å². The highest BCUT2D eigenvalue weighted by Gasteiger charge is 2.19. The number of hydrogen-bond donors (Lipinski definition) is 2. The first-order valence-corrected chi connectivity index (χ1v) is 7.95. The van der Waals surface area contributed by atoms with Crippen LogP contribution in [-0.4, -0.2) is 49.5 Å². The highest BCUT2D eigenvalue weighted by Crippen LogP contribution is 2.16. The van der Waals surface area contributed by atoms with Gasteiger partial charge in [-0.2, -0.15) is 0 Å². The first-order chi connectivity index (χ1) is 11.1. The Hall–Kier alpha value is -1.86. The van der Waals surface area contributed by atoms with E-state index in [4.69, 9.17) is 19.0 Å². The monoisotopic (exact) mass is 325 g/mol. The third kappa shape index (κ3) is 5.07. The number of amides is 1. The van der Waals surface area contributed by atoms with Crippen molar-refractivity contribution in [3.8, 4) is 0 Å². The zero-order chi connectivity index (χ0) is 16.7. The smallest absolute Gasteiger partial charge is 0.339 e. The highest BCUT2D eigenvalue weighted by atomic mass is 16.5. The summed E-state index contributed by atoms with van der Waals surface area (Å²) < 4.78 is 16.2. The fraction of sp³-hybridized carbons (Fsp3) is 0.625. The van der Waals surface area contributed by atoms with E-state index in [0.29, 0.717) is 38.4 Å². The molecule has 0 bridgehead atoms. The second-order valence-electron chi connectivity index (χ2n) is 5.43. The number of nitrogens with one attached hydrogen (secondary N) is 1. The zero-order valence-corrected chi connectivity index (χ0v) is 13.3. The van der Waals surface area contributed by atoms with Gasteiger partial charge in [0.25, 0.3) is 5.91 Å². The molecule has 7 nitrogen and oxygen atoms in total. The van der Waals surface area contributed by atoms with Gasteiger partial charge in [0.15, 0.2) is 5.76 Å². The minimum absolute atomic E-state index is 0.0273. The molecule has 1 aliphatic heterocycles. The maximum atomic E-state index is 11.9. The van der Waals surface area contributed by atoms with Crippen LogP contribution < -0.4 is 5.32 Å². The van der Waals surface area contributed by atoms with Gasteiger partial charge >= 0.3 is 5.97 Å². The third-order valence-corrected chi connectivity index (χ3v) is 3.66. The second kappa shape index (κ2) is 8.69. The van der Waals surface area contributed by atoms with Crippen LogP contribution in [-0.2, 0) is 15.9 Å². The number of carboxylic acids is 1. The Morgan fingerprint density at radius 3 is 2.91 bits per heavy atom. The summed E-state index contributed by atoms with van der Waals surface area (Å²) in [6.45, 7) is 4.16. The quantitative estimate of drug-likeness (QED) is 0.673. The molecule has 1 amide bonds. The second-order valence-corrected chi connectivity index (χ2v) is 5.43. The van der Waals surface area contributed by atoms with Gasteiger partial charge < -0.3 is 24.3 Å². The summed E-state index contributed by atoms with van der Waals surface area (Å²) in [6, 6.07) is 1.27. The lowest BCUT2D eigenvalue weighted by Crippen LogP contribution is -2.25. The molecule has 1 atom stereocenters. The van der Waals surface area contributed by atoms with Crippen LogP contribution >= 0.6 is 0 Å². The molecule has 2 heterocycles. The molecule has 0 radical (unpaired) electrons. The van der Waals surface area contributed by atoms with Crippen molar-refractivity contribution in [1.29, 1.82) is 0 Å². The van der Waals surface area contributed by atoms with Crippen LogP contribution in [0.3, 0.4) is 0 Å². The molecule has 1 aromatic rings. The number of aryl methyl sites for hydroxylation is 1. The summed E-state index contributed by atoms with van der Waals surface area (Å²) in [5, 5.41) is 11.7. The van der Waals surface area contributed by atoms with Crippen LogP contribution in [0.15, 0.2) is 10.5 Å². The summed E-state index contributed by atoms with van der Waals surface area (Å²) in [7, 11) is 0. The predicted molar refractivity (Wildman–Crippen MR) is 81.8 cm³/mol. The van der Waals surface area contributed by atoms with Crippen LogP contribution in [0.1, 0.15) is 52.9 Å². The van der Waals surface area contributed by atoms with E-state index in [-0.39, 0.29) is 17.4 Å². The van der Waals surface area contributed by atoms with Crippen LogP contribution in [0.4, 0.5) is 0 Å². The third-order valence-electron chi connectivity index (χ3n) is 3.66. The van der Waals surface area contributed by atoms with Gasteiger partial charge in [0.05, 0.1) is 12.7 Å². The summed E-state index contributed by atoms with van der Waals surface area (Å²) in [5.41, 5.74) is 0.0394. The molecule has 7 heteroatoms. The molecular formula is C16H23NO6. The maximum absolute atomic E-state index is 11.9. The van der Waals surface area contributed by atoms with E-state index >= 15 is 0 Å². The molecule has 2 N–H and O–H groups in total. The number of ether oxygens (including phenoxy) is 2. The molecule has 128 valence electrons. The Balaban J connectivity index is 1.67. The molecule has 0 aliphatic carbocycles. The number of carbonyl (C=O) groups excluding carboxylic acids is 1. The van der Waals surface area contributed by atoms with Crippen LogP contribution in [0, 0.1) is 0 Å². The van der Waals surface area contributed by atoms with Gasteiger partial charge in [0.1, 0.15) is 11.3 Å². The lowest BCUT2D eigenvalue weighted by Gasteiger charge is -2.10. The first-order valence-electron chi connectivity index (χ1n) is 7.95. The van der Waals surface area contributed by atoms with E-state index in [9.17, 15) is 9.59 Å². The molecule has 1 aliphatic rings. The fourth-order valence-corrected chi connectivity index (χ4v) is 2.44. The minimum atomic E-state index is -1.09. The molecule has 2 rings (SSSR count). The molecule has 23 heavy (non-hydrogen) atoms. The normalized spacial score (nSPS) is 17.3. The van der Waals surface area contributed by atoms with Crippen molar-refractivity contribution < 1.29 is 28.6 Å². The first kappa shape index (κ1) is 17.5. The van der Waals surface area contributed by atoms with E-state index in [1.807, 2.05) is 0 Å². The zero-order valence-electron chi connectivity index (χ0n) is 13.3. The van der Waals surface area contributed by atoms with Gasteiger partial charge in [-0.25, -0.2) is 4.79 Å². The van der Waals surface area contributed by atoms with Crippen molar-refractivity contribution in [2.75, 3.05) is 26.4 Å². The Morgan fingerprint density at radius 1 is 1.48 bits per heavy atom. The SMILES string of the molecule is CCc1oc(C(=O)NCCCOCC2CCCO2)cc1C(=O)O. The Labute approximate surface area is 134 Å². The number of carboxylic acid groups (broad SMARTS) is 1. The fourth-order valence-electron chi connectivity index (χ4n) is 2.44. The molecular weight excluding hydrogens is 302 g/mol. The van der Waals surface area contributed by atoms with Crippen LogP contribution in [0.2, 0.25) is 0 Å². The molecule has 1 unspecified atom stereocenters. The van der Waals surface area contributed by atoms with Crippen molar-refractivity contribution in [2.45, 2.75) is 38.7 Å². The largest absolute Gasteiger partial charge is 0.478 e. The molecule has 1 fully saturated rings. The van der Waals surface area contributed by atoms with Crippen molar-refractivity contribution in [3.63, 3.8) is 0 Å². The van der Waals surface area contributed by atoms with Crippen molar-refractivity contribution in [2.24, 2.45) is 0 Å². The number of hydrogen-bond acceptors (Lipinski definition) is 5. The topological polar surface area (TPSA) is 98.0 Å². The number of aromatic carboxylic acids is 1. The van der Waals surface area contributed by atoms with Crippen molar-refractivity contribution >= 4 is 11.9 Å². The molecule has 0 saturated carbocycles. The summed E-state index contributed by atoms with van der Waals surface area (Å²) in [4.78, 5) is 23.0. The predicted octanol–water partition coefficient (Wildman–Crippen LogP) is 1.86. The van der Waals surface area contributed by atoms with E-state index in [0.717, 1.165) is 19.4 Å². The standard InChI is InChI=1S/C16H23NO6/c1-2-13-12(16(19)20)9-14(23-13)15(18)17-6-4-7-21-10-11-5-3-8-22-11/h9,11H,2-8,10H2,1H3,(H,17,18)(H,19,20). The lowest BCUT2D eigenvalue weighted by atomic mass is 10.2. The molecule has 0 spiro atoms. The molecule has 1 aromatic heterocycles. The van der Waals surface area contributed by atoms with Gasteiger partial charge in [0, 0.05) is 32.2 Å². The Kier molecular flexibility index (Phi) is 6.61. The van der Waals surface area contributed by atoms with Crippen LogP contribution in [0.5, 0.6) is 0 Å². The van der Waals surface area contributed by atoms with E-state index in [2.05, 4.69) is 5.32 Å². The summed E-state index contributed by atoms with van der Waals surface area (Å²) in [5.74, 6) is -1.17. The Morgan fingerprint density at radius 2 is 2.30 bits per heavy atom. The van der Waals surface area contributed by atoms with Gasteiger partial charge in [0.2, 0.25) is 0 Å². The molecule has 0 aromatic carbocycles. The molecule has 1 saturated heterocycles. The maximum Gasteiger partial charge on any atom is 0.339 e. The number of rotatable bonds is 9. The summed E-state index contributed by atoms with van der Waals surface area (Å²) >= 11 is 0. The number of carbonyl (C=O) groups is 2. The van der Waals surface area contributed by atoms with Gasteiger partial charge in [-0.3, -0.25) is 4.79 Å². The van der Waals surface area contributed by atoms with E-state index in [1.54, 1.807) is 6.92 Å². The van der Waals surface area contributed by atoms with Crippen molar-refractivity contribution in [3.05, 3.63) is 23.2 Å². The van der Waals surface area contributed by atoms with Crippen LogP contribution in [0.25, 0.3) is 0 Å².